The number of carbonyl (C=O) groups excluding carboxylic acids is 2. The predicted octanol–water partition coefficient (Wildman–Crippen LogP) is 4.18. The van der Waals surface area contributed by atoms with Crippen LogP contribution < -0.4 is 0 Å². The van der Waals surface area contributed by atoms with Crippen molar-refractivity contribution >= 4 is 12.0 Å². The SMILES string of the molecule is CCCCC[C@H](CC)C(=O)N1C(=O)OC[C@@H]1Cc1ccccc1. The van der Waals surface area contributed by atoms with E-state index < -0.39 is 6.09 Å². The Bertz CT molecular complexity index is 515. The minimum Gasteiger partial charge on any atom is -0.447 e. The van der Waals surface area contributed by atoms with Gasteiger partial charge in [-0.05, 0) is 24.8 Å². The molecule has 4 nitrogen and oxygen atoms in total. The van der Waals surface area contributed by atoms with E-state index in [0.29, 0.717) is 13.0 Å². The Morgan fingerprint density at radius 3 is 2.65 bits per heavy atom. The summed E-state index contributed by atoms with van der Waals surface area (Å²) < 4.78 is 5.16. The molecule has 1 aliphatic heterocycles. The monoisotopic (exact) mass is 317 g/mol. The summed E-state index contributed by atoms with van der Waals surface area (Å²) in [5, 5.41) is 0. The highest BCUT2D eigenvalue weighted by atomic mass is 16.6. The molecule has 2 rings (SSSR count). The maximum Gasteiger partial charge on any atom is 0.416 e. The van der Waals surface area contributed by atoms with E-state index >= 15 is 0 Å². The first kappa shape index (κ1) is 17.5. The lowest BCUT2D eigenvalue weighted by Gasteiger charge is -2.24. The highest BCUT2D eigenvalue weighted by Gasteiger charge is 2.40. The number of amides is 2. The van der Waals surface area contributed by atoms with Gasteiger partial charge in [-0.2, -0.15) is 0 Å². The first-order valence-corrected chi connectivity index (χ1v) is 8.71. The Kier molecular flexibility index (Phi) is 6.63. The lowest BCUT2D eigenvalue weighted by atomic mass is 9.96. The summed E-state index contributed by atoms with van der Waals surface area (Å²) in [4.78, 5) is 26.2. The molecule has 1 aromatic rings. The molecule has 0 N–H and O–H groups in total. The molecule has 23 heavy (non-hydrogen) atoms. The second kappa shape index (κ2) is 8.70. The fourth-order valence-electron chi connectivity index (χ4n) is 3.11. The molecule has 1 heterocycles. The van der Waals surface area contributed by atoms with Crippen LogP contribution in [0.25, 0.3) is 0 Å². The van der Waals surface area contributed by atoms with Gasteiger partial charge >= 0.3 is 6.09 Å². The number of nitrogens with zero attached hydrogens (tertiary/aromatic N) is 1. The van der Waals surface area contributed by atoms with E-state index in [1.807, 2.05) is 37.3 Å². The van der Waals surface area contributed by atoms with E-state index in [-0.39, 0.29) is 17.9 Å². The number of rotatable bonds is 8. The summed E-state index contributed by atoms with van der Waals surface area (Å²) in [7, 11) is 0. The van der Waals surface area contributed by atoms with Gasteiger partial charge in [0.1, 0.15) is 6.61 Å². The zero-order chi connectivity index (χ0) is 16.7. The third-order valence-electron chi connectivity index (χ3n) is 4.51. The van der Waals surface area contributed by atoms with Gasteiger partial charge < -0.3 is 4.74 Å². The molecule has 4 heteroatoms. The highest BCUT2D eigenvalue weighted by Crippen LogP contribution is 2.24. The Hall–Kier alpha value is -1.84. The number of benzene rings is 1. The first-order chi connectivity index (χ1) is 11.2. The molecular formula is C19H27NO3. The molecule has 126 valence electrons. The summed E-state index contributed by atoms with van der Waals surface area (Å²) >= 11 is 0. The topological polar surface area (TPSA) is 46.6 Å². The van der Waals surface area contributed by atoms with Crippen molar-refractivity contribution in [3.05, 3.63) is 35.9 Å². The molecule has 2 atom stereocenters. The molecule has 0 saturated carbocycles. The minimum atomic E-state index is -0.482. The summed E-state index contributed by atoms with van der Waals surface area (Å²) in [6, 6.07) is 9.76. The number of cyclic esters (lactones) is 1. The van der Waals surface area contributed by atoms with Gasteiger partial charge in [0.15, 0.2) is 0 Å². The van der Waals surface area contributed by atoms with Crippen molar-refractivity contribution in [1.82, 2.24) is 4.90 Å². The van der Waals surface area contributed by atoms with Gasteiger partial charge in [0, 0.05) is 5.92 Å². The van der Waals surface area contributed by atoms with Crippen LogP contribution in [0.3, 0.4) is 0 Å². The average Bonchev–Trinajstić information content (AvgIpc) is 2.92. The molecular weight excluding hydrogens is 290 g/mol. The fraction of sp³-hybridized carbons (Fsp3) is 0.579. The third-order valence-corrected chi connectivity index (χ3v) is 4.51. The van der Waals surface area contributed by atoms with Crippen molar-refractivity contribution in [2.75, 3.05) is 6.61 Å². The van der Waals surface area contributed by atoms with Crippen molar-refractivity contribution < 1.29 is 14.3 Å². The van der Waals surface area contributed by atoms with Crippen LogP contribution >= 0.6 is 0 Å². The molecule has 0 unspecified atom stereocenters. The lowest BCUT2D eigenvalue weighted by molar-refractivity contribution is -0.133. The van der Waals surface area contributed by atoms with Crippen LogP contribution in [-0.2, 0) is 16.0 Å². The third kappa shape index (κ3) is 4.57. The van der Waals surface area contributed by atoms with Crippen LogP contribution in [0.15, 0.2) is 30.3 Å². The Labute approximate surface area is 138 Å². The smallest absolute Gasteiger partial charge is 0.416 e. The van der Waals surface area contributed by atoms with Crippen LogP contribution in [0.2, 0.25) is 0 Å². The summed E-state index contributed by atoms with van der Waals surface area (Å²) in [6.45, 7) is 4.46. The molecule has 1 aromatic carbocycles. The first-order valence-electron chi connectivity index (χ1n) is 8.71. The maximum atomic E-state index is 12.8. The van der Waals surface area contributed by atoms with Crippen molar-refractivity contribution in [1.29, 1.82) is 0 Å². The molecule has 1 saturated heterocycles. The van der Waals surface area contributed by atoms with Gasteiger partial charge in [0.25, 0.3) is 0 Å². The largest absolute Gasteiger partial charge is 0.447 e. The molecule has 1 fully saturated rings. The lowest BCUT2D eigenvalue weighted by Crippen LogP contribution is -2.43. The number of unbranched alkanes of at least 4 members (excludes halogenated alkanes) is 2. The van der Waals surface area contributed by atoms with E-state index in [0.717, 1.165) is 37.7 Å². The van der Waals surface area contributed by atoms with Crippen LogP contribution in [-0.4, -0.2) is 29.5 Å². The zero-order valence-corrected chi connectivity index (χ0v) is 14.2. The van der Waals surface area contributed by atoms with Crippen molar-refractivity contribution in [2.24, 2.45) is 5.92 Å². The Balaban J connectivity index is 2.04. The minimum absolute atomic E-state index is 0.0629. The van der Waals surface area contributed by atoms with E-state index in [4.69, 9.17) is 4.74 Å². The van der Waals surface area contributed by atoms with Gasteiger partial charge in [0.05, 0.1) is 6.04 Å². The molecule has 0 radical (unpaired) electrons. The molecule has 0 spiro atoms. The second-order valence-corrected chi connectivity index (χ2v) is 6.23. The summed E-state index contributed by atoms with van der Waals surface area (Å²) in [5.74, 6) is -0.141. The summed E-state index contributed by atoms with van der Waals surface area (Å²) in [5.41, 5.74) is 1.12. The van der Waals surface area contributed by atoms with Crippen LogP contribution in [0.4, 0.5) is 4.79 Å². The zero-order valence-electron chi connectivity index (χ0n) is 14.2. The number of hydrogen-bond acceptors (Lipinski definition) is 3. The van der Waals surface area contributed by atoms with E-state index in [2.05, 4.69) is 6.92 Å². The van der Waals surface area contributed by atoms with Crippen molar-refractivity contribution in [3.8, 4) is 0 Å². The number of carbonyl (C=O) groups is 2. The van der Waals surface area contributed by atoms with E-state index in [1.54, 1.807) is 0 Å². The average molecular weight is 317 g/mol. The number of imide groups is 1. The number of ether oxygens (including phenoxy) is 1. The standard InChI is InChI=1S/C19H27NO3/c1-3-5-7-12-16(4-2)18(21)20-17(14-23-19(20)22)13-15-10-8-6-9-11-15/h6,8-11,16-17H,3-5,7,12-14H2,1-2H3/t16-,17-/m0/s1. The summed E-state index contributed by atoms with van der Waals surface area (Å²) in [6.07, 6.45) is 5.09. The molecule has 2 amide bonds. The Morgan fingerprint density at radius 1 is 1.26 bits per heavy atom. The molecule has 0 aromatic heterocycles. The molecule has 1 aliphatic rings. The van der Waals surface area contributed by atoms with Gasteiger partial charge in [0.2, 0.25) is 5.91 Å². The van der Waals surface area contributed by atoms with Crippen LogP contribution in [0.5, 0.6) is 0 Å². The second-order valence-electron chi connectivity index (χ2n) is 6.23. The van der Waals surface area contributed by atoms with Crippen molar-refractivity contribution in [3.63, 3.8) is 0 Å². The van der Waals surface area contributed by atoms with Gasteiger partial charge in [-0.25, -0.2) is 9.69 Å². The van der Waals surface area contributed by atoms with Crippen LogP contribution in [0.1, 0.15) is 51.5 Å². The highest BCUT2D eigenvalue weighted by molar-refractivity contribution is 5.94. The quantitative estimate of drug-likeness (QED) is 0.676. The van der Waals surface area contributed by atoms with Gasteiger partial charge in [-0.15, -0.1) is 0 Å². The predicted molar refractivity (Wildman–Crippen MR) is 90.1 cm³/mol. The number of hydrogen-bond donors (Lipinski definition) is 0. The van der Waals surface area contributed by atoms with Gasteiger partial charge in [-0.3, -0.25) is 4.79 Å². The normalized spacial score (nSPS) is 18.8. The van der Waals surface area contributed by atoms with Crippen molar-refractivity contribution in [2.45, 2.75) is 58.4 Å². The fourth-order valence-corrected chi connectivity index (χ4v) is 3.11. The van der Waals surface area contributed by atoms with Crippen LogP contribution in [0, 0.1) is 5.92 Å². The van der Waals surface area contributed by atoms with E-state index in [1.165, 1.54) is 4.90 Å². The molecule has 0 bridgehead atoms. The Morgan fingerprint density at radius 2 is 2.00 bits per heavy atom. The maximum absolute atomic E-state index is 12.8. The van der Waals surface area contributed by atoms with E-state index in [9.17, 15) is 9.59 Å². The molecule has 0 aliphatic carbocycles. The van der Waals surface area contributed by atoms with Gasteiger partial charge in [-0.1, -0.05) is 63.4 Å².